The molecule has 0 amide bonds. The number of hydrogen-bond donors (Lipinski definition) is 0. The smallest absolute Gasteiger partial charge is 0.399 e. The van der Waals surface area contributed by atoms with E-state index in [1.165, 1.54) is 22.3 Å². The van der Waals surface area contributed by atoms with E-state index in [4.69, 9.17) is 224 Å². The molecule has 119 heavy (non-hydrogen) atoms. The van der Waals surface area contributed by atoms with Gasteiger partial charge in [0.15, 0.2) is 0 Å². The summed E-state index contributed by atoms with van der Waals surface area (Å²) in [6.45, 7) is 15.9. The molecule has 0 bridgehead atoms. The summed E-state index contributed by atoms with van der Waals surface area (Å²) < 4.78 is 35.9. The molecule has 0 N–H and O–H groups in total. The van der Waals surface area contributed by atoms with Crippen LogP contribution in [0.3, 0.4) is 0 Å². The van der Waals surface area contributed by atoms with Crippen molar-refractivity contribution >= 4 is 28.5 Å². The van der Waals surface area contributed by atoms with Crippen molar-refractivity contribution in [2.24, 2.45) is 0 Å². The van der Waals surface area contributed by atoms with E-state index < -0.39 is 23.7 Å². The molecule has 1 saturated heterocycles. The van der Waals surface area contributed by atoms with Crippen LogP contribution in [0, 0.1) is 0 Å². The number of hydrogen-bond acceptors (Lipinski definition) is 46. The molecule has 0 unspecified atom stereocenters. The molecular formula is C71H124BBrO46. The summed E-state index contributed by atoms with van der Waals surface area (Å²) in [5.74, 6) is 0. The Morgan fingerprint density at radius 3 is 0.630 bits per heavy atom. The first-order chi connectivity index (χ1) is 58.6. The zero-order chi connectivity index (χ0) is 84.7. The van der Waals surface area contributed by atoms with E-state index in [0.29, 0.717) is 52.9 Å². The summed E-state index contributed by atoms with van der Waals surface area (Å²) in [6, 6.07) is 13.0. The normalized spacial score (nSPS) is 14.1. The van der Waals surface area contributed by atoms with Gasteiger partial charge in [-0.2, -0.15) is 0 Å². The maximum absolute atomic E-state index is 6.55. The van der Waals surface area contributed by atoms with Crippen LogP contribution in [-0.2, 0) is 229 Å². The molecule has 46 nitrogen and oxygen atoms in total. The average Bonchev–Trinajstić information content (AvgIpc) is 1.56. The Morgan fingerprint density at radius 1 is 0.235 bits per heavy atom. The van der Waals surface area contributed by atoms with Crippen LogP contribution in [0.5, 0.6) is 0 Å². The van der Waals surface area contributed by atoms with E-state index in [9.17, 15) is 0 Å². The van der Waals surface area contributed by atoms with Gasteiger partial charge in [0.2, 0.25) is 0 Å². The quantitative estimate of drug-likeness (QED) is 0.0369. The van der Waals surface area contributed by atoms with Gasteiger partial charge in [0.05, 0.1) is 37.6 Å². The Bertz CT molecular complexity index is 2430. The lowest BCUT2D eigenvalue weighted by Gasteiger charge is -2.33. The lowest BCUT2D eigenvalue weighted by atomic mass is 9.69. The Morgan fingerprint density at radius 2 is 0.420 bits per heavy atom. The molecular weight excluding hydrogens is 1680 g/mol. The van der Waals surface area contributed by atoms with Crippen LogP contribution in [0.15, 0.2) is 40.9 Å². The van der Waals surface area contributed by atoms with Gasteiger partial charge in [0.25, 0.3) is 0 Å². The van der Waals surface area contributed by atoms with Crippen LogP contribution in [0.25, 0.3) is 11.1 Å². The largest absolute Gasteiger partial charge is 0.494 e. The second-order valence-corrected chi connectivity index (χ2v) is 25.4. The summed E-state index contributed by atoms with van der Waals surface area (Å²) in [4.78, 5) is 199. The van der Waals surface area contributed by atoms with Crippen LogP contribution >= 0.6 is 15.9 Å². The van der Waals surface area contributed by atoms with Crippen LogP contribution in [0.1, 0.15) is 64.5 Å². The van der Waals surface area contributed by atoms with Crippen LogP contribution < -0.4 is 5.46 Å². The van der Waals surface area contributed by atoms with Gasteiger partial charge in [-0.15, -0.1) is 0 Å². The number of rotatable bonds is 95. The van der Waals surface area contributed by atoms with E-state index in [1.807, 2.05) is 0 Å². The van der Waals surface area contributed by atoms with Gasteiger partial charge in [-0.1, -0.05) is 40.2 Å². The van der Waals surface area contributed by atoms with Crippen molar-refractivity contribution in [1.82, 2.24) is 0 Å². The molecule has 48 heteroatoms. The first-order valence-electron chi connectivity index (χ1n) is 39.0. The van der Waals surface area contributed by atoms with Crippen molar-refractivity contribution in [3.05, 3.63) is 52.0 Å². The molecule has 0 spiro atoms. The van der Waals surface area contributed by atoms with Gasteiger partial charge in [-0.25, -0.2) is 196 Å². The van der Waals surface area contributed by atoms with E-state index in [-0.39, 0.29) is 251 Å². The first-order valence-corrected chi connectivity index (χ1v) is 39.8. The minimum absolute atomic E-state index is 0.0905. The third-order valence-corrected chi connectivity index (χ3v) is 15.7. The van der Waals surface area contributed by atoms with Crippen molar-refractivity contribution in [1.29, 1.82) is 0 Å². The fourth-order valence-corrected chi connectivity index (χ4v) is 9.79. The highest BCUT2D eigenvalue weighted by molar-refractivity contribution is 9.10. The molecule has 1 aliphatic carbocycles. The van der Waals surface area contributed by atoms with Gasteiger partial charge < -0.3 is 28.3 Å². The number of halogens is 1. The maximum Gasteiger partial charge on any atom is 0.494 e. The van der Waals surface area contributed by atoms with Crippen molar-refractivity contribution in [2.45, 2.75) is 70.0 Å². The Balaban J connectivity index is 0.907. The topological polar surface area (TPSA) is 425 Å². The zero-order valence-corrected chi connectivity index (χ0v) is 70.6. The molecule has 2 aliphatic rings. The van der Waals surface area contributed by atoms with E-state index >= 15 is 0 Å². The van der Waals surface area contributed by atoms with Gasteiger partial charge in [0.1, 0.15) is 264 Å². The fourth-order valence-electron chi connectivity index (χ4n) is 9.43. The third-order valence-electron chi connectivity index (χ3n) is 15.2. The SMILES string of the molecule is COCCOOCCOOCCOOCCOOCCOOCCOOCCOOCCOOCCOOCCOOCCOCCCC1(CCCOCCOOCCOOCCOOCCOOCCOOCCOOCCOOCCOOCCOOCCOOCCOC)c2cc(Br)ccc2-c2ccc(B3OC(C)(C)C(C)(C)O3)cc21. The molecule has 1 heterocycles. The molecule has 2 aromatic rings. The highest BCUT2D eigenvalue weighted by Crippen LogP contribution is 2.54. The molecule has 4 rings (SSSR count). The highest BCUT2D eigenvalue weighted by Gasteiger charge is 2.52. The molecule has 0 saturated carbocycles. The summed E-state index contributed by atoms with van der Waals surface area (Å²) in [7, 11) is 2.59. The standard InChI is InChI=1S/C71H124BBrO46/c1-69(2)70(3,4)119-72(118-69)63-9-11-65-66-12-10-64(73)62-68(66)71(67(65)61-63,13-7-15-76-19-23-80-84-27-31-88-92-35-39-96-100-43-47-104-108-51-55-112-116-59-57-114-110-53-49-106-102-45-41-98-94-37-33-90-86-29-25-82-78-21-17-74-5)14-8-16-77-20-24-81-85-28-32-89-93-36-40-97-101-44-48-105-109-52-56-113-117-60-58-115-111-54-50-107-103-46-42-99-95-38-34-91-87-30-26-83-79-22-18-75-6/h9-12,61-62H,7-8,13-60H2,1-6H3. The van der Waals surface area contributed by atoms with Gasteiger partial charge in [0, 0.05) is 37.3 Å². The summed E-state index contributed by atoms with van der Waals surface area (Å²) in [5, 5.41) is 0. The van der Waals surface area contributed by atoms with Crippen molar-refractivity contribution < 1.29 is 224 Å². The third kappa shape index (κ3) is 57.5. The average molecular weight is 1800 g/mol. The minimum Gasteiger partial charge on any atom is -0.399 e. The van der Waals surface area contributed by atoms with Crippen LogP contribution in [-0.4, -0.2) is 336 Å². The lowest BCUT2D eigenvalue weighted by molar-refractivity contribution is -0.379. The molecule has 0 atom stereocenters. The predicted octanol–water partition coefficient (Wildman–Crippen LogP) is 4.87. The lowest BCUT2D eigenvalue weighted by Crippen LogP contribution is -2.41. The molecule has 1 aliphatic heterocycles. The van der Waals surface area contributed by atoms with Crippen molar-refractivity contribution in [2.75, 3.05) is 318 Å². The van der Waals surface area contributed by atoms with Crippen LogP contribution in [0.4, 0.5) is 0 Å². The molecule has 0 aromatic heterocycles. The summed E-state index contributed by atoms with van der Waals surface area (Å²) >= 11 is 3.78. The van der Waals surface area contributed by atoms with E-state index in [1.54, 1.807) is 14.2 Å². The Labute approximate surface area is 701 Å². The number of fused-ring (bicyclic) bond motifs is 3. The number of ether oxygens (including phenoxy) is 4. The summed E-state index contributed by atoms with van der Waals surface area (Å²) in [6.07, 6.45) is 3.07. The number of benzene rings is 2. The number of methoxy groups -OCH3 is 2. The summed E-state index contributed by atoms with van der Waals surface area (Å²) in [5.41, 5.74) is 4.33. The van der Waals surface area contributed by atoms with Crippen molar-refractivity contribution in [3.63, 3.8) is 0 Å². The predicted molar refractivity (Wildman–Crippen MR) is 398 cm³/mol. The highest BCUT2D eigenvalue weighted by atomic mass is 79.9. The Kier molecular flexibility index (Phi) is 71.7. The van der Waals surface area contributed by atoms with Gasteiger partial charge in [-0.3, -0.25) is 0 Å². The van der Waals surface area contributed by atoms with Gasteiger partial charge >= 0.3 is 7.12 Å². The fraction of sp³-hybridized carbons (Fsp3) is 0.831. The Hall–Kier alpha value is -2.86. The van der Waals surface area contributed by atoms with Crippen molar-refractivity contribution in [3.8, 4) is 11.1 Å². The monoisotopic (exact) mass is 1800 g/mol. The second kappa shape index (κ2) is 78.6. The van der Waals surface area contributed by atoms with Crippen LogP contribution in [0.2, 0.25) is 0 Å². The first kappa shape index (κ1) is 108. The maximum atomic E-state index is 6.55. The van der Waals surface area contributed by atoms with E-state index in [2.05, 4.69) is 80.0 Å². The molecule has 694 valence electrons. The molecule has 0 radical (unpaired) electrons. The minimum atomic E-state index is -0.535. The molecule has 1 fully saturated rings. The van der Waals surface area contributed by atoms with E-state index in [0.717, 1.165) is 35.6 Å². The second-order valence-electron chi connectivity index (χ2n) is 24.5. The zero-order valence-electron chi connectivity index (χ0n) is 69.1. The van der Waals surface area contributed by atoms with Gasteiger partial charge in [-0.05, 0) is 93.2 Å². The molecule has 2 aromatic carbocycles.